The zero-order valence-corrected chi connectivity index (χ0v) is 22.7. The molecule has 2 nitrogen and oxygen atoms in total. The predicted octanol–water partition coefficient (Wildman–Crippen LogP) is -0.539. The van der Waals surface area contributed by atoms with Gasteiger partial charge < -0.3 is 48.0 Å². The number of pyridine rings is 2. The van der Waals surface area contributed by atoms with Crippen molar-refractivity contribution in [3.63, 3.8) is 0 Å². The van der Waals surface area contributed by atoms with Crippen LogP contribution in [-0.2, 0) is 25.9 Å². The highest BCUT2D eigenvalue weighted by Crippen LogP contribution is 2.05. The molecular weight excluding hydrogens is 570 g/mol. The lowest BCUT2D eigenvalue weighted by atomic mass is 10.1. The van der Waals surface area contributed by atoms with Crippen LogP contribution in [0.15, 0.2) is 49.1 Å². The van der Waals surface area contributed by atoms with E-state index in [0.717, 1.165) is 13.1 Å². The van der Waals surface area contributed by atoms with Crippen molar-refractivity contribution in [2.24, 2.45) is 0 Å². The average Bonchev–Trinajstić information content (AvgIpc) is 2.70. The Morgan fingerprint density at radius 3 is 1.50 bits per heavy atom. The van der Waals surface area contributed by atoms with Crippen molar-refractivity contribution in [2.45, 2.75) is 92.2 Å². The van der Waals surface area contributed by atoms with E-state index < -0.39 is 0 Å². The minimum absolute atomic E-state index is 0. The van der Waals surface area contributed by atoms with Crippen LogP contribution in [0.1, 0.15) is 77.3 Å². The van der Waals surface area contributed by atoms with Crippen LogP contribution in [0.3, 0.4) is 0 Å². The second-order valence-corrected chi connectivity index (χ2v) is 7.00. The van der Waals surface area contributed by atoms with Crippen molar-refractivity contribution in [1.29, 1.82) is 0 Å². The quantitative estimate of drug-likeness (QED) is 0.194. The first-order chi connectivity index (χ1) is 12.7. The average molecular weight is 610 g/mol. The molecule has 4 heteroatoms. The van der Waals surface area contributed by atoms with Crippen molar-refractivity contribution < 1.29 is 57.1 Å². The van der Waals surface area contributed by atoms with Gasteiger partial charge in [-0.25, -0.2) is 9.13 Å². The third kappa shape index (κ3) is 13.9. The molecule has 2 heterocycles. The first kappa shape index (κ1) is 30.0. The number of hydrogen-bond acceptors (Lipinski definition) is 0. The number of halogens is 2. The van der Waals surface area contributed by atoms with Gasteiger partial charge in [0.25, 0.3) is 0 Å². The first-order valence-corrected chi connectivity index (χ1v) is 10.7. The second kappa shape index (κ2) is 20.0. The molecule has 0 atom stereocenters. The molecule has 0 aliphatic carbocycles. The van der Waals surface area contributed by atoms with Gasteiger partial charge in [0.2, 0.25) is 0 Å². The molecule has 0 unspecified atom stereocenters. The van der Waals surface area contributed by atoms with Crippen molar-refractivity contribution >= 4 is 0 Å². The van der Waals surface area contributed by atoms with Crippen LogP contribution >= 0.6 is 0 Å². The number of aromatic nitrogens is 2. The van der Waals surface area contributed by atoms with Gasteiger partial charge in [-0.2, -0.15) is 0 Å². The summed E-state index contributed by atoms with van der Waals surface area (Å²) in [4.78, 5) is 0. The zero-order chi connectivity index (χ0) is 19.0. The maximum Gasteiger partial charge on any atom is 0.171 e. The maximum absolute atomic E-state index is 2.27. The Morgan fingerprint density at radius 2 is 1.07 bits per heavy atom. The third-order valence-electron chi connectivity index (χ3n) is 4.71. The minimum Gasteiger partial charge on any atom is -1.00 e. The van der Waals surface area contributed by atoms with E-state index in [4.69, 9.17) is 0 Å². The molecule has 0 fully saturated rings. The minimum atomic E-state index is 0. The fourth-order valence-electron chi connectivity index (χ4n) is 2.98. The fraction of sp³-hybridized carbons (Fsp3) is 0.583. The summed E-state index contributed by atoms with van der Waals surface area (Å²) in [7, 11) is 0. The Balaban J connectivity index is 0. The van der Waals surface area contributed by atoms with E-state index in [1.54, 1.807) is 0 Å². The Bertz CT molecular complexity index is 603. The van der Waals surface area contributed by atoms with Gasteiger partial charge in [-0.05, 0) is 51.7 Å². The Labute approximate surface area is 208 Å². The van der Waals surface area contributed by atoms with Gasteiger partial charge in [0.15, 0.2) is 24.8 Å². The standard InChI is InChI=1S/C13H22N.C11H18N.2HI/c1-3-5-6-7-9-13-10-8-11-14(4-2)12-13;1-3-5-7-11-8-6-9-12(4-2)10-11;;/h8,10-12H,3-7,9H2,1-2H3;6,8-10H,3-5,7H2,1-2H3;2*1H/q2*+1;;/p-2. The Morgan fingerprint density at radius 1 is 0.607 bits per heavy atom. The lowest BCUT2D eigenvalue weighted by molar-refractivity contribution is -0.694. The molecule has 0 saturated heterocycles. The summed E-state index contributed by atoms with van der Waals surface area (Å²) >= 11 is 0. The molecule has 2 aromatic rings. The first-order valence-electron chi connectivity index (χ1n) is 10.7. The second-order valence-electron chi connectivity index (χ2n) is 7.00. The van der Waals surface area contributed by atoms with Gasteiger partial charge >= 0.3 is 0 Å². The highest BCUT2D eigenvalue weighted by Gasteiger charge is 2.00. The van der Waals surface area contributed by atoms with Gasteiger partial charge in [-0.3, -0.25) is 0 Å². The molecular formula is C24H40I2N2. The number of rotatable bonds is 10. The summed E-state index contributed by atoms with van der Waals surface area (Å²) in [5.74, 6) is 0. The highest BCUT2D eigenvalue weighted by molar-refractivity contribution is 5.05. The molecule has 0 aliphatic rings. The molecule has 28 heavy (non-hydrogen) atoms. The van der Waals surface area contributed by atoms with E-state index in [0.29, 0.717) is 0 Å². The normalized spacial score (nSPS) is 9.57. The smallest absolute Gasteiger partial charge is 0.171 e. The van der Waals surface area contributed by atoms with Crippen molar-refractivity contribution in [1.82, 2.24) is 0 Å². The fourth-order valence-corrected chi connectivity index (χ4v) is 2.98. The highest BCUT2D eigenvalue weighted by atomic mass is 127. The summed E-state index contributed by atoms with van der Waals surface area (Å²) in [5, 5.41) is 0. The largest absolute Gasteiger partial charge is 1.00 e. The van der Waals surface area contributed by atoms with E-state index in [-0.39, 0.29) is 48.0 Å². The molecule has 0 aromatic carbocycles. The van der Waals surface area contributed by atoms with E-state index in [1.165, 1.54) is 62.5 Å². The van der Waals surface area contributed by atoms with Crippen LogP contribution in [-0.4, -0.2) is 0 Å². The molecule has 0 amide bonds. The van der Waals surface area contributed by atoms with Gasteiger partial charge in [0.1, 0.15) is 13.1 Å². The Kier molecular flexibility index (Phi) is 21.5. The van der Waals surface area contributed by atoms with Gasteiger partial charge in [0, 0.05) is 23.3 Å². The van der Waals surface area contributed by atoms with Crippen LogP contribution in [0, 0.1) is 0 Å². The third-order valence-corrected chi connectivity index (χ3v) is 4.71. The predicted molar refractivity (Wildman–Crippen MR) is 111 cm³/mol. The van der Waals surface area contributed by atoms with Crippen LogP contribution in [0.25, 0.3) is 0 Å². The Hall–Kier alpha value is -0.240. The topological polar surface area (TPSA) is 7.76 Å². The maximum atomic E-state index is 2.27. The monoisotopic (exact) mass is 610 g/mol. The number of nitrogens with zero attached hydrogens (tertiary/aromatic N) is 2. The molecule has 2 aromatic heterocycles. The summed E-state index contributed by atoms with van der Waals surface area (Å²) in [6, 6.07) is 8.73. The van der Waals surface area contributed by atoms with Crippen molar-refractivity contribution in [3.05, 3.63) is 60.2 Å². The van der Waals surface area contributed by atoms with Crippen LogP contribution in [0.5, 0.6) is 0 Å². The summed E-state index contributed by atoms with van der Waals surface area (Å²) < 4.78 is 4.47. The van der Waals surface area contributed by atoms with Gasteiger partial charge in [-0.15, -0.1) is 0 Å². The van der Waals surface area contributed by atoms with E-state index in [1.807, 2.05) is 0 Å². The lowest BCUT2D eigenvalue weighted by Gasteiger charge is -1.99. The molecule has 0 radical (unpaired) electrons. The van der Waals surface area contributed by atoms with Crippen LogP contribution in [0.2, 0.25) is 0 Å². The van der Waals surface area contributed by atoms with E-state index in [2.05, 4.69) is 85.9 Å². The number of hydrogen-bond donors (Lipinski definition) is 0. The molecule has 0 aliphatic heterocycles. The van der Waals surface area contributed by atoms with E-state index >= 15 is 0 Å². The zero-order valence-electron chi connectivity index (χ0n) is 18.3. The molecule has 160 valence electrons. The van der Waals surface area contributed by atoms with E-state index in [9.17, 15) is 0 Å². The summed E-state index contributed by atoms with van der Waals surface area (Å²) in [6.45, 7) is 11.0. The summed E-state index contributed by atoms with van der Waals surface area (Å²) in [6.07, 6.45) is 19.2. The van der Waals surface area contributed by atoms with Crippen LogP contribution < -0.4 is 57.1 Å². The molecule has 0 N–H and O–H groups in total. The number of aryl methyl sites for hydroxylation is 4. The van der Waals surface area contributed by atoms with Gasteiger partial charge in [0.05, 0.1) is 0 Å². The van der Waals surface area contributed by atoms with Gasteiger partial charge in [-0.1, -0.05) is 39.5 Å². The van der Waals surface area contributed by atoms with Crippen molar-refractivity contribution in [3.8, 4) is 0 Å². The summed E-state index contributed by atoms with van der Waals surface area (Å²) in [5.41, 5.74) is 2.94. The SMILES string of the molecule is CCCCCCc1ccc[n+](CC)c1.CCCCc1ccc[n+](CC)c1.[I-].[I-]. The molecule has 0 bridgehead atoms. The molecule has 0 spiro atoms. The molecule has 0 saturated carbocycles. The number of unbranched alkanes of at least 4 members (excludes halogenated alkanes) is 4. The van der Waals surface area contributed by atoms with Crippen LogP contribution in [0.4, 0.5) is 0 Å². The van der Waals surface area contributed by atoms with Crippen molar-refractivity contribution in [2.75, 3.05) is 0 Å². The lowest BCUT2D eigenvalue weighted by Crippen LogP contribution is -3.00. The molecule has 2 rings (SSSR count).